The van der Waals surface area contributed by atoms with Crippen molar-refractivity contribution < 1.29 is 9.53 Å². The number of halogens is 2. The molecule has 132 valence electrons. The summed E-state index contributed by atoms with van der Waals surface area (Å²) >= 11 is 11.9. The van der Waals surface area contributed by atoms with Crippen LogP contribution < -0.4 is 10.2 Å². The van der Waals surface area contributed by atoms with Gasteiger partial charge in [0.2, 0.25) is 0 Å². The monoisotopic (exact) mass is 388 g/mol. The lowest BCUT2D eigenvalue weighted by Gasteiger charge is -2.00. The molecule has 0 unspecified atom stereocenters. The highest BCUT2D eigenvalue weighted by Gasteiger charge is 2.11. The number of hydrogen-bond acceptors (Lipinski definition) is 4. The van der Waals surface area contributed by atoms with Crippen molar-refractivity contribution in [3.8, 4) is 17.0 Å². The molecule has 1 heterocycles. The minimum absolute atomic E-state index is 0.272. The first kappa shape index (κ1) is 18.0. The summed E-state index contributed by atoms with van der Waals surface area (Å²) in [5, 5.41) is 11.6. The van der Waals surface area contributed by atoms with Gasteiger partial charge in [-0.3, -0.25) is 9.89 Å². The van der Waals surface area contributed by atoms with E-state index in [0.29, 0.717) is 21.5 Å². The Morgan fingerprint density at radius 1 is 1.19 bits per heavy atom. The quantitative estimate of drug-likeness (QED) is 0.508. The number of aromatic nitrogens is 2. The van der Waals surface area contributed by atoms with E-state index in [-0.39, 0.29) is 5.69 Å². The van der Waals surface area contributed by atoms with E-state index < -0.39 is 5.91 Å². The van der Waals surface area contributed by atoms with Crippen molar-refractivity contribution >= 4 is 35.3 Å². The van der Waals surface area contributed by atoms with Crippen molar-refractivity contribution in [1.82, 2.24) is 15.6 Å². The molecule has 26 heavy (non-hydrogen) atoms. The van der Waals surface area contributed by atoms with Gasteiger partial charge in [0.05, 0.1) is 29.1 Å². The number of hydrogen-bond donors (Lipinski definition) is 2. The standard InChI is InChI=1S/C18H14Cl2N4O2/c1-26-13-4-2-3-11(7-13)10-21-24-18(25)17-9-16(22-23-17)12-5-6-14(19)15(20)8-12/h2-10H,1H3,(H,22,23)(H,24,25)/b21-10+. The van der Waals surface area contributed by atoms with Gasteiger partial charge >= 0.3 is 0 Å². The summed E-state index contributed by atoms with van der Waals surface area (Å²) in [4.78, 5) is 12.2. The smallest absolute Gasteiger partial charge is 0.289 e. The third-order valence-electron chi connectivity index (χ3n) is 3.51. The van der Waals surface area contributed by atoms with Crippen LogP contribution >= 0.6 is 23.2 Å². The van der Waals surface area contributed by atoms with Crippen molar-refractivity contribution in [3.05, 3.63) is 69.8 Å². The summed E-state index contributed by atoms with van der Waals surface area (Å²) in [5.74, 6) is 0.295. The van der Waals surface area contributed by atoms with Gasteiger partial charge in [-0.2, -0.15) is 10.2 Å². The number of carbonyl (C=O) groups excluding carboxylic acids is 1. The second kappa shape index (κ2) is 8.03. The average molecular weight is 389 g/mol. The van der Waals surface area contributed by atoms with E-state index in [9.17, 15) is 4.79 Å². The molecule has 1 aromatic heterocycles. The van der Waals surface area contributed by atoms with Crippen LogP contribution in [0.2, 0.25) is 10.0 Å². The van der Waals surface area contributed by atoms with Crippen molar-refractivity contribution in [2.75, 3.05) is 7.11 Å². The highest BCUT2D eigenvalue weighted by Crippen LogP contribution is 2.27. The Hall–Kier alpha value is -2.83. The molecular formula is C18H14Cl2N4O2. The van der Waals surface area contributed by atoms with Crippen molar-refractivity contribution in [3.63, 3.8) is 0 Å². The van der Waals surface area contributed by atoms with Crippen LogP contribution in [0.1, 0.15) is 16.1 Å². The molecule has 2 aromatic carbocycles. The van der Waals surface area contributed by atoms with Crippen LogP contribution in [0.4, 0.5) is 0 Å². The number of nitrogens with zero attached hydrogens (tertiary/aromatic N) is 2. The summed E-state index contributed by atoms with van der Waals surface area (Å²) in [6, 6.07) is 14.0. The highest BCUT2D eigenvalue weighted by molar-refractivity contribution is 6.42. The molecule has 0 bridgehead atoms. The van der Waals surface area contributed by atoms with Crippen LogP contribution in [0, 0.1) is 0 Å². The van der Waals surface area contributed by atoms with E-state index in [1.165, 1.54) is 6.21 Å². The molecule has 2 N–H and O–H groups in total. The minimum atomic E-state index is -0.414. The molecule has 8 heteroatoms. The molecule has 3 rings (SSSR count). The first-order valence-electron chi connectivity index (χ1n) is 7.55. The van der Waals surface area contributed by atoms with Crippen LogP contribution in [0.5, 0.6) is 5.75 Å². The Morgan fingerprint density at radius 2 is 2.04 bits per heavy atom. The number of amides is 1. The van der Waals surface area contributed by atoms with E-state index in [1.807, 2.05) is 18.2 Å². The molecule has 0 aliphatic carbocycles. The average Bonchev–Trinajstić information content (AvgIpc) is 3.14. The first-order chi connectivity index (χ1) is 12.6. The number of ether oxygens (including phenoxy) is 1. The lowest BCUT2D eigenvalue weighted by molar-refractivity contribution is 0.0950. The van der Waals surface area contributed by atoms with Gasteiger partial charge in [-0.15, -0.1) is 0 Å². The fraction of sp³-hybridized carbons (Fsp3) is 0.0556. The minimum Gasteiger partial charge on any atom is -0.497 e. The normalized spacial score (nSPS) is 10.9. The van der Waals surface area contributed by atoms with Gasteiger partial charge in [0.15, 0.2) is 0 Å². The summed E-state index contributed by atoms with van der Waals surface area (Å²) in [6.45, 7) is 0. The van der Waals surface area contributed by atoms with Gasteiger partial charge < -0.3 is 4.74 Å². The molecular weight excluding hydrogens is 375 g/mol. The van der Waals surface area contributed by atoms with Crippen LogP contribution in [0.25, 0.3) is 11.3 Å². The van der Waals surface area contributed by atoms with E-state index in [0.717, 1.165) is 11.1 Å². The lowest BCUT2D eigenvalue weighted by Crippen LogP contribution is -2.18. The topological polar surface area (TPSA) is 79.4 Å². The molecule has 0 radical (unpaired) electrons. The van der Waals surface area contributed by atoms with E-state index in [2.05, 4.69) is 20.7 Å². The van der Waals surface area contributed by atoms with Crippen molar-refractivity contribution in [2.45, 2.75) is 0 Å². The number of benzene rings is 2. The van der Waals surface area contributed by atoms with Crippen LogP contribution in [0.15, 0.2) is 53.6 Å². The van der Waals surface area contributed by atoms with Gasteiger partial charge in [-0.1, -0.05) is 41.4 Å². The summed E-state index contributed by atoms with van der Waals surface area (Å²) in [5.41, 5.74) is 4.83. The van der Waals surface area contributed by atoms with Gasteiger partial charge in [-0.05, 0) is 35.9 Å². The van der Waals surface area contributed by atoms with Crippen LogP contribution in [-0.2, 0) is 0 Å². The van der Waals surface area contributed by atoms with Crippen molar-refractivity contribution in [1.29, 1.82) is 0 Å². The number of H-pyrrole nitrogens is 1. The van der Waals surface area contributed by atoms with Crippen molar-refractivity contribution in [2.24, 2.45) is 5.10 Å². The number of aromatic amines is 1. The molecule has 0 fully saturated rings. The maximum Gasteiger partial charge on any atom is 0.289 e. The molecule has 0 spiro atoms. The van der Waals surface area contributed by atoms with Crippen LogP contribution in [0.3, 0.4) is 0 Å². The molecule has 0 aliphatic rings. The second-order valence-corrected chi connectivity index (χ2v) is 6.09. The Morgan fingerprint density at radius 3 is 2.81 bits per heavy atom. The first-order valence-corrected chi connectivity index (χ1v) is 8.30. The van der Waals surface area contributed by atoms with Gasteiger partial charge in [0, 0.05) is 5.56 Å². The van der Waals surface area contributed by atoms with Gasteiger partial charge in [0.25, 0.3) is 5.91 Å². The Balaban J connectivity index is 1.68. The zero-order valence-corrected chi connectivity index (χ0v) is 15.2. The lowest BCUT2D eigenvalue weighted by atomic mass is 10.1. The van der Waals surface area contributed by atoms with E-state index in [4.69, 9.17) is 27.9 Å². The molecule has 0 atom stereocenters. The zero-order valence-electron chi connectivity index (χ0n) is 13.7. The number of nitrogens with one attached hydrogen (secondary N) is 2. The number of rotatable bonds is 5. The molecule has 3 aromatic rings. The number of hydrazone groups is 1. The van der Waals surface area contributed by atoms with E-state index >= 15 is 0 Å². The Bertz CT molecular complexity index is 969. The van der Waals surface area contributed by atoms with E-state index in [1.54, 1.807) is 37.4 Å². The summed E-state index contributed by atoms with van der Waals surface area (Å²) in [6.07, 6.45) is 1.52. The second-order valence-electron chi connectivity index (χ2n) is 5.27. The fourth-order valence-electron chi connectivity index (χ4n) is 2.19. The Labute approximate surface area is 159 Å². The van der Waals surface area contributed by atoms with Crippen LogP contribution in [-0.4, -0.2) is 29.4 Å². The maximum absolute atomic E-state index is 12.2. The highest BCUT2D eigenvalue weighted by atomic mass is 35.5. The molecule has 1 amide bonds. The third kappa shape index (κ3) is 4.22. The summed E-state index contributed by atoms with van der Waals surface area (Å²) < 4.78 is 5.13. The molecule has 0 aliphatic heterocycles. The predicted molar refractivity (Wildman–Crippen MR) is 102 cm³/mol. The molecule has 0 saturated carbocycles. The Kier molecular flexibility index (Phi) is 5.55. The predicted octanol–water partition coefficient (Wildman–Crippen LogP) is 4.16. The fourth-order valence-corrected chi connectivity index (χ4v) is 2.49. The largest absolute Gasteiger partial charge is 0.497 e. The molecule has 0 saturated heterocycles. The number of carbonyl (C=O) groups is 1. The SMILES string of the molecule is COc1cccc(/C=N/NC(=O)c2cc(-c3ccc(Cl)c(Cl)c3)n[nH]2)c1. The number of methoxy groups -OCH3 is 1. The zero-order chi connectivity index (χ0) is 18.5. The third-order valence-corrected chi connectivity index (χ3v) is 4.25. The van der Waals surface area contributed by atoms with Gasteiger partial charge in [-0.25, -0.2) is 5.43 Å². The summed E-state index contributed by atoms with van der Waals surface area (Å²) in [7, 11) is 1.59. The maximum atomic E-state index is 12.2. The molecule has 6 nitrogen and oxygen atoms in total. The van der Waals surface area contributed by atoms with Gasteiger partial charge in [0.1, 0.15) is 11.4 Å².